The smallest absolute Gasteiger partial charge is 0.258 e. The average Bonchev–Trinajstić information content (AvgIpc) is 3.20. The molecule has 32 heavy (non-hydrogen) atoms. The predicted octanol–water partition coefficient (Wildman–Crippen LogP) is 4.14. The molecule has 0 radical (unpaired) electrons. The predicted molar refractivity (Wildman–Crippen MR) is 131 cm³/mol. The van der Waals surface area contributed by atoms with Gasteiger partial charge in [0.1, 0.15) is 12.4 Å². The number of aliphatic hydroxyl groups is 1. The molecular weight excluding hydrogens is 420 g/mol. The second-order valence-corrected chi connectivity index (χ2v) is 16.1. The van der Waals surface area contributed by atoms with Crippen molar-refractivity contribution in [2.24, 2.45) is 5.92 Å². The van der Waals surface area contributed by atoms with Gasteiger partial charge in [0.2, 0.25) is 0 Å². The van der Waals surface area contributed by atoms with Gasteiger partial charge in [0.25, 0.3) is 5.91 Å². The van der Waals surface area contributed by atoms with Crippen molar-refractivity contribution in [2.75, 3.05) is 31.3 Å². The van der Waals surface area contributed by atoms with Gasteiger partial charge < -0.3 is 24.2 Å². The minimum Gasteiger partial charge on any atom is -0.396 e. The Balaban J connectivity index is 1.62. The second kappa shape index (κ2) is 9.53. The molecule has 0 saturated heterocycles. The number of amides is 1. The van der Waals surface area contributed by atoms with Crippen LogP contribution in [0.2, 0.25) is 25.7 Å². The first kappa shape index (κ1) is 23.3. The molecule has 1 aliphatic carbocycles. The number of aromatic nitrogens is 2. The first-order chi connectivity index (χ1) is 15.3. The number of hydrogen-bond donors (Lipinski definition) is 1. The average molecular weight is 459 g/mol. The Kier molecular flexibility index (Phi) is 6.93. The number of aliphatic hydroxyl groups excluding tert-OH is 1. The Morgan fingerprint density at radius 2 is 1.97 bits per heavy atom. The number of pyridine rings is 1. The summed E-state index contributed by atoms with van der Waals surface area (Å²) >= 11 is 0. The molecule has 0 unspecified atom stereocenters. The Bertz CT molecular complexity index is 947. The maximum atomic E-state index is 13.1. The van der Waals surface area contributed by atoms with E-state index in [2.05, 4.69) is 35.2 Å². The molecule has 1 amide bonds. The van der Waals surface area contributed by atoms with Gasteiger partial charge in [0.05, 0.1) is 17.9 Å². The highest BCUT2D eigenvalue weighted by Gasteiger charge is 2.36. The first-order valence-corrected chi connectivity index (χ1v) is 15.8. The summed E-state index contributed by atoms with van der Waals surface area (Å²) < 4.78 is 8.03. The highest BCUT2D eigenvalue weighted by molar-refractivity contribution is 6.76. The normalized spacial score (nSPS) is 22.0. The summed E-state index contributed by atoms with van der Waals surface area (Å²) in [5.41, 5.74) is 2.61. The number of nitrogens with zero attached hydrogens (tertiary/aromatic N) is 4. The highest BCUT2D eigenvalue weighted by Crippen LogP contribution is 2.39. The largest absolute Gasteiger partial charge is 0.396 e. The van der Waals surface area contributed by atoms with E-state index in [-0.39, 0.29) is 12.5 Å². The van der Waals surface area contributed by atoms with Gasteiger partial charge in [-0.3, -0.25) is 4.79 Å². The standard InChI is InChI=1S/C24H38N4O3Si/c1-5-26-16-28(19-8-6-18(15-29)7-9-19)22-20-10-11-27(17-31-12-13-32(2,3)4)23(20)25-14-21(22)24(26)30/h10-11,14,18-19,29H,5-9,12-13,15-17H2,1-4H3/t18-,19-. The molecule has 8 heteroatoms. The molecule has 7 nitrogen and oxygen atoms in total. The summed E-state index contributed by atoms with van der Waals surface area (Å²) in [6, 6.07) is 3.60. The molecule has 1 saturated carbocycles. The van der Waals surface area contributed by atoms with Crippen LogP contribution in [0, 0.1) is 5.92 Å². The van der Waals surface area contributed by atoms with Gasteiger partial charge in [-0.15, -0.1) is 0 Å². The zero-order valence-electron chi connectivity index (χ0n) is 20.0. The SMILES string of the molecule is CCN1CN([C@H]2CC[C@H](CO)CC2)c2c(cnc3c2ccn3COCC[Si](C)(C)C)C1=O. The molecule has 3 heterocycles. The lowest BCUT2D eigenvalue weighted by Gasteiger charge is -2.44. The zero-order chi connectivity index (χ0) is 22.9. The minimum atomic E-state index is -1.12. The lowest BCUT2D eigenvalue weighted by Crippen LogP contribution is -2.51. The monoisotopic (exact) mass is 458 g/mol. The number of carbonyl (C=O) groups excluding carboxylic acids is 1. The van der Waals surface area contributed by atoms with Crippen molar-refractivity contribution in [3.8, 4) is 0 Å². The van der Waals surface area contributed by atoms with E-state index in [1.165, 1.54) is 0 Å². The van der Waals surface area contributed by atoms with E-state index in [1.807, 2.05) is 18.0 Å². The van der Waals surface area contributed by atoms with Gasteiger partial charge in [-0.2, -0.15) is 0 Å². The highest BCUT2D eigenvalue weighted by atomic mass is 28.3. The third-order valence-corrected chi connectivity index (χ3v) is 8.72. The summed E-state index contributed by atoms with van der Waals surface area (Å²) in [4.78, 5) is 22.2. The Hall–Kier alpha value is -1.90. The fourth-order valence-corrected chi connectivity index (χ4v) is 5.66. The number of carbonyl (C=O) groups is 1. The van der Waals surface area contributed by atoms with Crippen LogP contribution in [0.5, 0.6) is 0 Å². The number of fused-ring (bicyclic) bond motifs is 3. The molecule has 2 aromatic heterocycles. The molecule has 4 rings (SSSR count). The number of rotatable bonds is 8. The molecule has 1 fully saturated rings. The van der Waals surface area contributed by atoms with Gasteiger partial charge in [0, 0.05) is 51.7 Å². The van der Waals surface area contributed by atoms with Gasteiger partial charge in [-0.1, -0.05) is 19.6 Å². The maximum Gasteiger partial charge on any atom is 0.258 e. The van der Waals surface area contributed by atoms with Crippen LogP contribution in [-0.4, -0.2) is 66.0 Å². The second-order valence-electron chi connectivity index (χ2n) is 10.5. The van der Waals surface area contributed by atoms with Gasteiger partial charge in [0.15, 0.2) is 0 Å². The molecule has 176 valence electrons. The summed E-state index contributed by atoms with van der Waals surface area (Å²) in [6.45, 7) is 11.9. The minimum absolute atomic E-state index is 0.0660. The fourth-order valence-electron chi connectivity index (χ4n) is 4.91. The summed E-state index contributed by atoms with van der Waals surface area (Å²) in [6.07, 6.45) is 7.94. The third kappa shape index (κ3) is 4.72. The van der Waals surface area contributed by atoms with Crippen LogP contribution in [0.3, 0.4) is 0 Å². The first-order valence-electron chi connectivity index (χ1n) is 12.0. The van der Waals surface area contributed by atoms with E-state index < -0.39 is 8.07 Å². The molecule has 0 atom stereocenters. The van der Waals surface area contributed by atoms with Crippen molar-refractivity contribution in [3.63, 3.8) is 0 Å². The number of ether oxygens (including phenoxy) is 1. The van der Waals surface area contributed by atoms with Crippen LogP contribution in [0.4, 0.5) is 5.69 Å². The topological polar surface area (TPSA) is 70.8 Å². The van der Waals surface area contributed by atoms with E-state index in [4.69, 9.17) is 9.72 Å². The summed E-state index contributed by atoms with van der Waals surface area (Å²) in [5, 5.41) is 10.6. The molecular formula is C24H38N4O3Si. The number of hydrogen-bond acceptors (Lipinski definition) is 5. The van der Waals surface area contributed by atoms with Crippen LogP contribution in [-0.2, 0) is 11.5 Å². The van der Waals surface area contributed by atoms with Crippen molar-refractivity contribution in [2.45, 2.75) is 71.1 Å². The Morgan fingerprint density at radius 1 is 1.22 bits per heavy atom. The van der Waals surface area contributed by atoms with Gasteiger partial charge >= 0.3 is 0 Å². The lowest BCUT2D eigenvalue weighted by molar-refractivity contribution is 0.0740. The van der Waals surface area contributed by atoms with Crippen LogP contribution < -0.4 is 4.90 Å². The lowest BCUT2D eigenvalue weighted by atomic mass is 9.85. The van der Waals surface area contributed by atoms with Crippen molar-refractivity contribution in [1.82, 2.24) is 14.5 Å². The molecule has 2 aromatic rings. The molecule has 2 aliphatic rings. The van der Waals surface area contributed by atoms with E-state index in [0.29, 0.717) is 37.5 Å². The van der Waals surface area contributed by atoms with Gasteiger partial charge in [-0.25, -0.2) is 4.98 Å². The van der Waals surface area contributed by atoms with Crippen molar-refractivity contribution < 1.29 is 14.6 Å². The molecule has 1 aliphatic heterocycles. The van der Waals surface area contributed by atoms with Crippen LogP contribution in [0.1, 0.15) is 43.0 Å². The molecule has 0 bridgehead atoms. The van der Waals surface area contributed by atoms with Crippen LogP contribution >= 0.6 is 0 Å². The van der Waals surface area contributed by atoms with Crippen molar-refractivity contribution >= 4 is 30.7 Å². The number of anilines is 1. The van der Waals surface area contributed by atoms with E-state index >= 15 is 0 Å². The quantitative estimate of drug-likeness (QED) is 0.476. The summed E-state index contributed by atoms with van der Waals surface area (Å²) in [5.74, 6) is 0.475. The van der Waals surface area contributed by atoms with E-state index in [1.54, 1.807) is 6.20 Å². The Morgan fingerprint density at radius 3 is 2.62 bits per heavy atom. The van der Waals surface area contributed by atoms with Crippen molar-refractivity contribution in [3.05, 3.63) is 24.0 Å². The van der Waals surface area contributed by atoms with E-state index in [0.717, 1.165) is 55.1 Å². The molecule has 1 N–H and O–H groups in total. The van der Waals surface area contributed by atoms with Crippen LogP contribution in [0.15, 0.2) is 18.5 Å². The Labute approximate surface area is 192 Å². The summed E-state index contributed by atoms with van der Waals surface area (Å²) in [7, 11) is -1.12. The maximum absolute atomic E-state index is 13.1. The molecule has 0 aromatic carbocycles. The van der Waals surface area contributed by atoms with Gasteiger partial charge in [-0.05, 0) is 50.6 Å². The van der Waals surface area contributed by atoms with Crippen molar-refractivity contribution in [1.29, 1.82) is 0 Å². The van der Waals surface area contributed by atoms with Crippen LogP contribution in [0.25, 0.3) is 11.0 Å². The fraction of sp³-hybridized carbons (Fsp3) is 0.667. The zero-order valence-corrected chi connectivity index (χ0v) is 21.0. The van der Waals surface area contributed by atoms with E-state index in [9.17, 15) is 9.90 Å². The molecule has 0 spiro atoms. The third-order valence-electron chi connectivity index (χ3n) is 7.01.